The molecule has 162 valence electrons. The number of ether oxygens (including phenoxy) is 2. The Morgan fingerprint density at radius 3 is 2.48 bits per heavy atom. The molecule has 3 rings (SSSR count). The highest BCUT2D eigenvalue weighted by Crippen LogP contribution is 2.20. The minimum atomic E-state index is -0.128. The first-order chi connectivity index (χ1) is 15.1. The Bertz CT molecular complexity index is 1000. The van der Waals surface area contributed by atoms with E-state index in [2.05, 4.69) is 29.0 Å². The van der Waals surface area contributed by atoms with Crippen molar-refractivity contribution in [1.82, 2.24) is 14.8 Å². The fourth-order valence-electron chi connectivity index (χ4n) is 2.82. The maximum atomic E-state index is 12.3. The van der Waals surface area contributed by atoms with Crippen LogP contribution in [-0.4, -0.2) is 33.5 Å². The van der Waals surface area contributed by atoms with E-state index in [9.17, 15) is 4.79 Å². The van der Waals surface area contributed by atoms with Crippen molar-refractivity contribution in [3.8, 4) is 11.5 Å². The number of nitrogens with zero attached hydrogens (tertiary/aromatic N) is 3. The SMILES string of the molecule is C=CCn1c(COc2ccc(CC)cc2)nnc1SCC(=O)Nc1ccc(OC)cc1. The second-order valence-corrected chi connectivity index (χ2v) is 7.59. The van der Waals surface area contributed by atoms with Gasteiger partial charge in [-0.1, -0.05) is 36.9 Å². The van der Waals surface area contributed by atoms with Crippen LogP contribution in [0.2, 0.25) is 0 Å². The first-order valence-electron chi connectivity index (χ1n) is 9.94. The van der Waals surface area contributed by atoms with Crippen LogP contribution in [0, 0.1) is 0 Å². The molecule has 0 spiro atoms. The van der Waals surface area contributed by atoms with Gasteiger partial charge in [0.15, 0.2) is 11.0 Å². The number of anilines is 1. The van der Waals surface area contributed by atoms with Crippen LogP contribution in [0.4, 0.5) is 5.69 Å². The third-order valence-electron chi connectivity index (χ3n) is 4.51. The van der Waals surface area contributed by atoms with Gasteiger partial charge >= 0.3 is 0 Å². The van der Waals surface area contributed by atoms with Crippen LogP contribution in [0.5, 0.6) is 11.5 Å². The van der Waals surface area contributed by atoms with Gasteiger partial charge in [0.1, 0.15) is 18.1 Å². The van der Waals surface area contributed by atoms with Crippen LogP contribution < -0.4 is 14.8 Å². The topological polar surface area (TPSA) is 78.3 Å². The lowest BCUT2D eigenvalue weighted by atomic mass is 10.2. The second kappa shape index (κ2) is 11.2. The molecule has 0 saturated carbocycles. The zero-order valence-corrected chi connectivity index (χ0v) is 18.5. The number of carbonyl (C=O) groups excluding carboxylic acids is 1. The highest BCUT2D eigenvalue weighted by molar-refractivity contribution is 7.99. The lowest BCUT2D eigenvalue weighted by molar-refractivity contribution is -0.113. The number of hydrogen-bond acceptors (Lipinski definition) is 6. The van der Waals surface area contributed by atoms with Crippen LogP contribution in [-0.2, 0) is 24.4 Å². The molecular weight excluding hydrogens is 412 g/mol. The van der Waals surface area contributed by atoms with Crippen LogP contribution >= 0.6 is 11.8 Å². The van der Waals surface area contributed by atoms with Crippen molar-refractivity contribution in [2.75, 3.05) is 18.2 Å². The van der Waals surface area contributed by atoms with Gasteiger partial charge in [0.25, 0.3) is 0 Å². The van der Waals surface area contributed by atoms with E-state index < -0.39 is 0 Å². The highest BCUT2D eigenvalue weighted by atomic mass is 32.2. The van der Waals surface area contributed by atoms with Gasteiger partial charge in [0, 0.05) is 12.2 Å². The van der Waals surface area contributed by atoms with Gasteiger partial charge in [0.05, 0.1) is 12.9 Å². The average Bonchev–Trinajstić information content (AvgIpc) is 3.19. The number of aromatic nitrogens is 3. The Balaban J connectivity index is 1.58. The van der Waals surface area contributed by atoms with Crippen LogP contribution in [0.15, 0.2) is 66.3 Å². The van der Waals surface area contributed by atoms with Crippen LogP contribution in [0.25, 0.3) is 0 Å². The van der Waals surface area contributed by atoms with Crippen LogP contribution in [0.1, 0.15) is 18.3 Å². The van der Waals surface area contributed by atoms with Crippen molar-refractivity contribution in [2.24, 2.45) is 0 Å². The summed E-state index contributed by atoms with van der Waals surface area (Å²) in [6.45, 7) is 6.73. The molecule has 0 bridgehead atoms. The van der Waals surface area contributed by atoms with E-state index in [4.69, 9.17) is 9.47 Å². The van der Waals surface area contributed by atoms with Gasteiger partial charge in [-0.25, -0.2) is 0 Å². The summed E-state index contributed by atoms with van der Waals surface area (Å²) >= 11 is 1.32. The number of amides is 1. The molecule has 1 amide bonds. The molecule has 0 fully saturated rings. The Kier molecular flexibility index (Phi) is 8.12. The Morgan fingerprint density at radius 1 is 1.13 bits per heavy atom. The predicted molar refractivity (Wildman–Crippen MR) is 123 cm³/mol. The van der Waals surface area contributed by atoms with E-state index in [0.717, 1.165) is 17.9 Å². The fraction of sp³-hybridized carbons (Fsp3) is 0.261. The smallest absolute Gasteiger partial charge is 0.234 e. The van der Waals surface area contributed by atoms with Crippen molar-refractivity contribution in [3.63, 3.8) is 0 Å². The van der Waals surface area contributed by atoms with Crippen molar-refractivity contribution < 1.29 is 14.3 Å². The van der Waals surface area contributed by atoms with E-state index >= 15 is 0 Å². The third-order valence-corrected chi connectivity index (χ3v) is 5.48. The number of nitrogens with one attached hydrogen (secondary N) is 1. The van der Waals surface area contributed by atoms with E-state index in [-0.39, 0.29) is 18.3 Å². The summed E-state index contributed by atoms with van der Waals surface area (Å²) in [6.07, 6.45) is 2.75. The number of aryl methyl sites for hydroxylation is 1. The van der Waals surface area contributed by atoms with Crippen molar-refractivity contribution in [3.05, 3.63) is 72.6 Å². The molecule has 8 heteroatoms. The zero-order valence-electron chi connectivity index (χ0n) is 17.7. The Morgan fingerprint density at radius 2 is 1.84 bits per heavy atom. The molecule has 1 aromatic heterocycles. The standard InChI is InChI=1S/C23H26N4O3S/c1-4-14-27-21(15-30-20-10-6-17(5-2)7-11-20)25-26-23(27)31-16-22(28)24-18-8-12-19(29-3)13-9-18/h4,6-13H,1,5,14-16H2,2-3H3,(H,24,28). The van der Waals surface area contributed by atoms with E-state index in [1.54, 1.807) is 37.5 Å². The van der Waals surface area contributed by atoms with Gasteiger partial charge < -0.3 is 14.8 Å². The summed E-state index contributed by atoms with van der Waals surface area (Å²) in [6, 6.07) is 15.2. The molecule has 0 atom stereocenters. The zero-order chi connectivity index (χ0) is 22.1. The van der Waals surface area contributed by atoms with Gasteiger partial charge in [-0.3, -0.25) is 9.36 Å². The Hall–Kier alpha value is -3.26. The highest BCUT2D eigenvalue weighted by Gasteiger charge is 2.14. The van der Waals surface area contributed by atoms with Gasteiger partial charge in [-0.05, 0) is 48.4 Å². The fourth-order valence-corrected chi connectivity index (χ4v) is 3.58. The van der Waals surface area contributed by atoms with Crippen molar-refractivity contribution in [1.29, 1.82) is 0 Å². The summed E-state index contributed by atoms with van der Waals surface area (Å²) in [5.41, 5.74) is 1.97. The maximum absolute atomic E-state index is 12.3. The summed E-state index contributed by atoms with van der Waals surface area (Å²) in [7, 11) is 1.60. The second-order valence-electron chi connectivity index (χ2n) is 6.65. The van der Waals surface area contributed by atoms with E-state index in [0.29, 0.717) is 23.2 Å². The van der Waals surface area contributed by atoms with Gasteiger partial charge in [0.2, 0.25) is 5.91 Å². The van der Waals surface area contributed by atoms with Gasteiger partial charge in [-0.15, -0.1) is 16.8 Å². The first-order valence-corrected chi connectivity index (χ1v) is 10.9. The molecule has 2 aromatic carbocycles. The normalized spacial score (nSPS) is 10.5. The summed E-state index contributed by atoms with van der Waals surface area (Å²) in [5, 5.41) is 12.0. The molecule has 31 heavy (non-hydrogen) atoms. The van der Waals surface area contributed by atoms with E-state index in [1.807, 2.05) is 28.8 Å². The molecule has 0 aliphatic heterocycles. The summed E-state index contributed by atoms with van der Waals surface area (Å²) in [4.78, 5) is 12.3. The monoisotopic (exact) mass is 438 g/mol. The number of carbonyl (C=O) groups is 1. The molecule has 0 aliphatic rings. The average molecular weight is 439 g/mol. The largest absolute Gasteiger partial charge is 0.497 e. The first kappa shape index (κ1) is 22.4. The number of benzene rings is 2. The van der Waals surface area contributed by atoms with Crippen molar-refractivity contribution >= 4 is 23.4 Å². The van der Waals surface area contributed by atoms with Crippen LogP contribution in [0.3, 0.4) is 0 Å². The lowest BCUT2D eigenvalue weighted by Crippen LogP contribution is -2.15. The van der Waals surface area contributed by atoms with Crippen molar-refractivity contribution in [2.45, 2.75) is 31.7 Å². The predicted octanol–water partition coefficient (Wildman–Crippen LogP) is 4.34. The molecule has 0 unspecified atom stereocenters. The van der Waals surface area contributed by atoms with E-state index in [1.165, 1.54) is 17.3 Å². The molecule has 3 aromatic rings. The molecule has 0 saturated heterocycles. The number of allylic oxidation sites excluding steroid dienone is 1. The van der Waals surface area contributed by atoms with Gasteiger partial charge in [-0.2, -0.15) is 0 Å². The number of thioether (sulfide) groups is 1. The lowest BCUT2D eigenvalue weighted by Gasteiger charge is -2.10. The molecule has 7 nitrogen and oxygen atoms in total. The Labute approximate surface area is 186 Å². The minimum Gasteiger partial charge on any atom is -0.497 e. The number of hydrogen-bond donors (Lipinski definition) is 1. The third kappa shape index (κ3) is 6.36. The number of methoxy groups -OCH3 is 1. The summed E-state index contributed by atoms with van der Waals surface area (Å²) in [5.74, 6) is 2.27. The molecule has 0 aliphatic carbocycles. The summed E-state index contributed by atoms with van der Waals surface area (Å²) < 4.78 is 12.9. The molecule has 1 heterocycles. The molecule has 0 radical (unpaired) electrons. The maximum Gasteiger partial charge on any atom is 0.234 e. The quantitative estimate of drug-likeness (QED) is 0.354. The molecule has 1 N–H and O–H groups in total. The number of rotatable bonds is 11. The molecular formula is C23H26N4O3S. The minimum absolute atomic E-state index is 0.128.